The van der Waals surface area contributed by atoms with Crippen LogP contribution in [0.15, 0.2) is 24.3 Å². The van der Waals surface area contributed by atoms with Crippen LogP contribution < -0.4 is 11.1 Å². The van der Waals surface area contributed by atoms with Crippen molar-refractivity contribution in [2.45, 2.75) is 32.7 Å². The van der Waals surface area contributed by atoms with Crippen LogP contribution in [0.4, 0.5) is 5.69 Å². The fourth-order valence-corrected chi connectivity index (χ4v) is 1.80. The van der Waals surface area contributed by atoms with Crippen LogP contribution in [0.1, 0.15) is 25.8 Å². The van der Waals surface area contributed by atoms with Gasteiger partial charge in [0.05, 0.1) is 6.42 Å². The number of carboxylic acids is 1. The molecule has 1 aromatic rings. The Morgan fingerprint density at radius 3 is 2.63 bits per heavy atom. The quantitative estimate of drug-likeness (QED) is 0.678. The second-order valence-electron chi connectivity index (χ2n) is 4.69. The molecule has 0 aliphatic carbocycles. The number of aliphatic carboxylic acids is 1. The zero-order valence-corrected chi connectivity index (χ0v) is 11.2. The van der Waals surface area contributed by atoms with Gasteiger partial charge in [-0.15, -0.1) is 0 Å². The Hall–Kier alpha value is -2.04. The first kappa shape index (κ1) is 15.0. The van der Waals surface area contributed by atoms with Crippen LogP contribution in [0.5, 0.6) is 0 Å². The minimum atomic E-state index is -1.00. The number of hydrogen-bond acceptors (Lipinski definition) is 3. The van der Waals surface area contributed by atoms with E-state index < -0.39 is 12.0 Å². The Morgan fingerprint density at radius 2 is 2.11 bits per heavy atom. The number of benzene rings is 1. The molecule has 5 heteroatoms. The van der Waals surface area contributed by atoms with E-state index in [0.29, 0.717) is 12.1 Å². The van der Waals surface area contributed by atoms with Crippen molar-refractivity contribution in [2.75, 3.05) is 5.73 Å². The summed E-state index contributed by atoms with van der Waals surface area (Å²) in [6, 6.07) is 6.15. The molecule has 104 valence electrons. The highest BCUT2D eigenvalue weighted by molar-refractivity contribution is 5.85. The van der Waals surface area contributed by atoms with Crippen molar-refractivity contribution in [1.82, 2.24) is 5.32 Å². The maximum absolute atomic E-state index is 11.8. The van der Waals surface area contributed by atoms with E-state index in [0.717, 1.165) is 5.56 Å². The van der Waals surface area contributed by atoms with Crippen LogP contribution in [0.25, 0.3) is 0 Å². The third kappa shape index (κ3) is 4.62. The SMILES string of the molecule is CCC(C)C(NC(=O)Cc1cccc(N)c1)C(=O)O. The van der Waals surface area contributed by atoms with Crippen LogP contribution in [-0.4, -0.2) is 23.0 Å². The van der Waals surface area contributed by atoms with E-state index in [1.165, 1.54) is 0 Å². The monoisotopic (exact) mass is 264 g/mol. The predicted molar refractivity (Wildman–Crippen MR) is 73.6 cm³/mol. The largest absolute Gasteiger partial charge is 0.480 e. The highest BCUT2D eigenvalue weighted by atomic mass is 16.4. The third-order valence-electron chi connectivity index (χ3n) is 3.11. The fourth-order valence-electron chi connectivity index (χ4n) is 1.80. The Bertz CT molecular complexity index is 460. The van der Waals surface area contributed by atoms with E-state index in [4.69, 9.17) is 10.8 Å². The lowest BCUT2D eigenvalue weighted by Crippen LogP contribution is -2.45. The molecule has 5 nitrogen and oxygen atoms in total. The van der Waals surface area contributed by atoms with E-state index in [9.17, 15) is 9.59 Å². The predicted octanol–water partition coefficient (Wildman–Crippen LogP) is 1.43. The van der Waals surface area contributed by atoms with Gasteiger partial charge in [-0.3, -0.25) is 4.79 Å². The van der Waals surface area contributed by atoms with Gasteiger partial charge >= 0.3 is 5.97 Å². The molecule has 0 spiro atoms. The molecule has 2 unspecified atom stereocenters. The summed E-state index contributed by atoms with van der Waals surface area (Å²) < 4.78 is 0. The number of rotatable bonds is 6. The van der Waals surface area contributed by atoms with Gasteiger partial charge < -0.3 is 16.2 Å². The molecular formula is C14H20N2O3. The molecule has 0 fully saturated rings. The molecule has 0 aliphatic rings. The van der Waals surface area contributed by atoms with Gasteiger partial charge in [0, 0.05) is 5.69 Å². The average molecular weight is 264 g/mol. The summed E-state index contributed by atoms with van der Waals surface area (Å²) in [6.45, 7) is 3.70. The topological polar surface area (TPSA) is 92.4 Å². The molecule has 1 amide bonds. The van der Waals surface area contributed by atoms with Crippen molar-refractivity contribution in [3.05, 3.63) is 29.8 Å². The minimum Gasteiger partial charge on any atom is -0.480 e. The Balaban J connectivity index is 2.65. The number of carbonyl (C=O) groups excluding carboxylic acids is 1. The standard InChI is InChI=1S/C14H20N2O3/c1-3-9(2)13(14(18)19)16-12(17)8-10-5-4-6-11(15)7-10/h4-7,9,13H,3,8,15H2,1-2H3,(H,16,17)(H,18,19). The van der Waals surface area contributed by atoms with Crippen LogP contribution in [0.2, 0.25) is 0 Å². The number of carboxylic acid groups (broad SMARTS) is 1. The number of amides is 1. The zero-order valence-electron chi connectivity index (χ0n) is 11.2. The minimum absolute atomic E-state index is 0.109. The summed E-state index contributed by atoms with van der Waals surface area (Å²) in [5.41, 5.74) is 6.98. The average Bonchev–Trinajstić information content (AvgIpc) is 2.34. The molecule has 0 aliphatic heterocycles. The lowest BCUT2D eigenvalue weighted by atomic mass is 9.99. The Labute approximate surface area is 112 Å². The molecule has 1 aromatic carbocycles. The van der Waals surface area contributed by atoms with Gasteiger partial charge in [0.2, 0.25) is 5.91 Å². The van der Waals surface area contributed by atoms with Gasteiger partial charge in [-0.25, -0.2) is 4.79 Å². The summed E-state index contributed by atoms with van der Waals surface area (Å²) in [7, 11) is 0. The van der Waals surface area contributed by atoms with Crippen molar-refractivity contribution < 1.29 is 14.7 Å². The van der Waals surface area contributed by atoms with Gasteiger partial charge in [-0.05, 0) is 23.6 Å². The second kappa shape index (κ2) is 6.78. The van der Waals surface area contributed by atoms with Crippen molar-refractivity contribution in [1.29, 1.82) is 0 Å². The van der Waals surface area contributed by atoms with Crippen LogP contribution in [0, 0.1) is 5.92 Å². The van der Waals surface area contributed by atoms with Crippen LogP contribution >= 0.6 is 0 Å². The van der Waals surface area contributed by atoms with Crippen LogP contribution in [0.3, 0.4) is 0 Å². The highest BCUT2D eigenvalue weighted by Gasteiger charge is 2.25. The third-order valence-corrected chi connectivity index (χ3v) is 3.11. The first-order chi connectivity index (χ1) is 8.93. The molecule has 0 heterocycles. The van der Waals surface area contributed by atoms with Gasteiger partial charge in [-0.2, -0.15) is 0 Å². The van der Waals surface area contributed by atoms with E-state index in [-0.39, 0.29) is 18.2 Å². The lowest BCUT2D eigenvalue weighted by Gasteiger charge is -2.20. The Morgan fingerprint density at radius 1 is 1.42 bits per heavy atom. The van der Waals surface area contributed by atoms with Gasteiger partial charge in [0.1, 0.15) is 6.04 Å². The molecule has 1 rings (SSSR count). The molecule has 0 saturated heterocycles. The van der Waals surface area contributed by atoms with E-state index in [2.05, 4.69) is 5.32 Å². The first-order valence-electron chi connectivity index (χ1n) is 6.30. The fraction of sp³-hybridized carbons (Fsp3) is 0.429. The molecule has 0 bridgehead atoms. The summed E-state index contributed by atoms with van der Waals surface area (Å²) in [5, 5.41) is 11.7. The van der Waals surface area contributed by atoms with E-state index >= 15 is 0 Å². The van der Waals surface area contributed by atoms with Crippen molar-refractivity contribution in [2.24, 2.45) is 5.92 Å². The van der Waals surface area contributed by atoms with Gasteiger partial charge in [-0.1, -0.05) is 32.4 Å². The summed E-state index contributed by atoms with van der Waals surface area (Å²) >= 11 is 0. The zero-order chi connectivity index (χ0) is 14.4. The molecule has 0 saturated carbocycles. The number of hydrogen-bond donors (Lipinski definition) is 3. The van der Waals surface area contributed by atoms with E-state index in [1.807, 2.05) is 6.92 Å². The molecular weight excluding hydrogens is 244 g/mol. The molecule has 0 radical (unpaired) electrons. The Kier molecular flexibility index (Phi) is 5.36. The second-order valence-corrected chi connectivity index (χ2v) is 4.69. The molecule has 0 aromatic heterocycles. The number of nitrogen functional groups attached to an aromatic ring is 1. The number of nitrogens with one attached hydrogen (secondary N) is 1. The summed E-state index contributed by atoms with van der Waals surface area (Å²) in [6.07, 6.45) is 0.820. The van der Waals surface area contributed by atoms with Gasteiger partial charge in [0.15, 0.2) is 0 Å². The summed E-state index contributed by atoms with van der Waals surface area (Å²) in [5.74, 6) is -1.42. The number of carbonyl (C=O) groups is 2. The number of nitrogens with two attached hydrogens (primary N) is 1. The van der Waals surface area contributed by atoms with Crippen molar-refractivity contribution in [3.8, 4) is 0 Å². The van der Waals surface area contributed by atoms with Crippen LogP contribution in [-0.2, 0) is 16.0 Å². The van der Waals surface area contributed by atoms with Gasteiger partial charge in [0.25, 0.3) is 0 Å². The highest BCUT2D eigenvalue weighted by Crippen LogP contribution is 2.10. The maximum Gasteiger partial charge on any atom is 0.326 e. The molecule has 4 N–H and O–H groups in total. The maximum atomic E-state index is 11.8. The molecule has 2 atom stereocenters. The lowest BCUT2D eigenvalue weighted by molar-refractivity contribution is -0.143. The van der Waals surface area contributed by atoms with E-state index in [1.54, 1.807) is 31.2 Å². The normalized spacial score (nSPS) is 13.6. The van der Waals surface area contributed by atoms with Crippen molar-refractivity contribution >= 4 is 17.6 Å². The number of anilines is 1. The summed E-state index contributed by atoms with van der Waals surface area (Å²) in [4.78, 5) is 23.0. The van der Waals surface area contributed by atoms with Crippen molar-refractivity contribution in [3.63, 3.8) is 0 Å². The molecule has 19 heavy (non-hydrogen) atoms. The first-order valence-corrected chi connectivity index (χ1v) is 6.30. The smallest absolute Gasteiger partial charge is 0.326 e.